The molecule has 1 aromatic heterocycles. The fourth-order valence-electron chi connectivity index (χ4n) is 3.81. The van der Waals surface area contributed by atoms with E-state index in [1.807, 2.05) is 31.2 Å². The maximum Gasteiger partial charge on any atom is 0.321 e. The van der Waals surface area contributed by atoms with Gasteiger partial charge in [0.1, 0.15) is 0 Å². The van der Waals surface area contributed by atoms with E-state index < -0.39 is 6.10 Å². The summed E-state index contributed by atoms with van der Waals surface area (Å²) in [5, 5.41) is 24.8. The van der Waals surface area contributed by atoms with Crippen LogP contribution in [0.25, 0.3) is 5.69 Å². The van der Waals surface area contributed by atoms with Crippen LogP contribution in [0, 0.1) is 6.92 Å². The number of likely N-dealkylation sites (N-methyl/N-ethyl adjacent to an activating group) is 1. The number of hydrogen-bond donors (Lipinski definition) is 2. The molecule has 0 bridgehead atoms. The highest BCUT2D eigenvalue weighted by Crippen LogP contribution is 2.20. The molecule has 1 aromatic carbocycles. The number of carbonyl (C=O) groups excluding carboxylic acids is 1. The zero-order valence-corrected chi connectivity index (χ0v) is 16.2. The summed E-state index contributed by atoms with van der Waals surface area (Å²) in [6, 6.07) is 7.15. The number of aliphatic hydroxyl groups is 1. The summed E-state index contributed by atoms with van der Waals surface area (Å²) in [4.78, 5) is 18.9. The number of nitrogens with one attached hydrogen (secondary N) is 1. The summed E-state index contributed by atoms with van der Waals surface area (Å²) < 4.78 is 1.63. The van der Waals surface area contributed by atoms with Gasteiger partial charge in [-0.3, -0.25) is 4.90 Å². The molecule has 2 amide bonds. The quantitative estimate of drug-likeness (QED) is 0.753. The Morgan fingerprint density at radius 2 is 1.86 bits per heavy atom. The van der Waals surface area contributed by atoms with Crippen LogP contribution in [0.1, 0.15) is 5.82 Å². The van der Waals surface area contributed by atoms with Gasteiger partial charge < -0.3 is 20.2 Å². The summed E-state index contributed by atoms with van der Waals surface area (Å²) in [6.45, 7) is 6.54. The van der Waals surface area contributed by atoms with Crippen molar-refractivity contribution in [1.82, 2.24) is 34.9 Å². The lowest BCUT2D eigenvalue weighted by molar-refractivity contribution is 0.0512. The van der Waals surface area contributed by atoms with Crippen molar-refractivity contribution in [3.63, 3.8) is 0 Å². The molecule has 10 heteroatoms. The predicted octanol–water partition coefficient (Wildman–Crippen LogP) is -0.205. The van der Waals surface area contributed by atoms with Crippen LogP contribution in [0.3, 0.4) is 0 Å². The number of aliphatic hydroxyl groups excluding tert-OH is 1. The number of aryl methyl sites for hydroxylation is 1. The molecule has 2 aliphatic heterocycles. The number of benzene rings is 1. The molecular formula is C18H26N8O2. The van der Waals surface area contributed by atoms with Gasteiger partial charge in [-0.25, -0.2) is 4.79 Å². The second-order valence-electron chi connectivity index (χ2n) is 7.49. The van der Waals surface area contributed by atoms with Gasteiger partial charge in [0.05, 0.1) is 24.4 Å². The molecule has 0 aliphatic carbocycles. The number of rotatable bonds is 3. The molecule has 2 aromatic rings. The Morgan fingerprint density at radius 3 is 2.50 bits per heavy atom. The summed E-state index contributed by atoms with van der Waals surface area (Å²) in [5.74, 6) is 0.692. The topological polar surface area (TPSA) is 103 Å². The van der Waals surface area contributed by atoms with E-state index in [0.717, 1.165) is 31.9 Å². The second kappa shape index (κ2) is 7.82. The number of carbonyl (C=O) groups is 1. The molecule has 0 spiro atoms. The first-order valence-corrected chi connectivity index (χ1v) is 9.53. The minimum Gasteiger partial charge on any atom is -0.390 e. The highest BCUT2D eigenvalue weighted by atomic mass is 16.3. The van der Waals surface area contributed by atoms with E-state index in [1.54, 1.807) is 9.58 Å². The maximum absolute atomic E-state index is 12.6. The standard InChI is InChI=1S/C18H26N8O2/c1-13-20-21-22-26(13)15-5-3-14(4-6-15)19-18(28)25-11-16(17(27)12-25)24-9-7-23(2)8-10-24/h3-6,16-17,27H,7-12H2,1-2H3,(H,19,28)/t16-,17-/m0/s1. The minimum atomic E-state index is -0.515. The molecule has 2 saturated heterocycles. The molecule has 2 aliphatic rings. The second-order valence-corrected chi connectivity index (χ2v) is 7.49. The van der Waals surface area contributed by atoms with E-state index in [2.05, 4.69) is 37.7 Å². The lowest BCUT2D eigenvalue weighted by Gasteiger charge is -2.37. The predicted molar refractivity (Wildman–Crippen MR) is 103 cm³/mol. The molecule has 4 rings (SSSR count). The Hall–Kier alpha value is -2.56. The molecule has 0 radical (unpaired) electrons. The summed E-state index contributed by atoms with van der Waals surface area (Å²) >= 11 is 0. The highest BCUT2D eigenvalue weighted by Gasteiger charge is 2.38. The van der Waals surface area contributed by atoms with Crippen molar-refractivity contribution >= 4 is 11.7 Å². The Bertz CT molecular complexity index is 815. The van der Waals surface area contributed by atoms with Crippen molar-refractivity contribution in [1.29, 1.82) is 0 Å². The summed E-state index contributed by atoms with van der Waals surface area (Å²) in [6.07, 6.45) is -0.515. The number of piperazine rings is 1. The van der Waals surface area contributed by atoms with Gasteiger partial charge in [0.25, 0.3) is 0 Å². The zero-order valence-electron chi connectivity index (χ0n) is 16.2. The van der Waals surface area contributed by atoms with Crippen LogP contribution < -0.4 is 5.32 Å². The Labute approximate surface area is 163 Å². The monoisotopic (exact) mass is 386 g/mol. The molecule has 3 heterocycles. The van der Waals surface area contributed by atoms with Gasteiger partial charge in [-0.05, 0) is 48.7 Å². The molecule has 0 unspecified atom stereocenters. The lowest BCUT2D eigenvalue weighted by atomic mass is 10.1. The van der Waals surface area contributed by atoms with E-state index in [9.17, 15) is 9.90 Å². The number of hydrogen-bond acceptors (Lipinski definition) is 7. The summed E-state index contributed by atoms with van der Waals surface area (Å²) in [5.41, 5.74) is 1.52. The molecule has 0 saturated carbocycles. The highest BCUT2D eigenvalue weighted by molar-refractivity contribution is 5.89. The maximum atomic E-state index is 12.6. The lowest BCUT2D eigenvalue weighted by Crippen LogP contribution is -2.52. The normalized spacial score (nSPS) is 23.9. The van der Waals surface area contributed by atoms with Crippen LogP contribution in [-0.2, 0) is 0 Å². The van der Waals surface area contributed by atoms with Crippen molar-refractivity contribution in [3.05, 3.63) is 30.1 Å². The Balaban J connectivity index is 1.35. The SMILES string of the molecule is Cc1nnnn1-c1ccc(NC(=O)N2C[C@H](O)[C@@H](N3CCN(C)CC3)C2)cc1. The fourth-order valence-corrected chi connectivity index (χ4v) is 3.81. The minimum absolute atomic E-state index is 0.00427. The molecule has 2 fully saturated rings. The first-order valence-electron chi connectivity index (χ1n) is 9.53. The number of likely N-dealkylation sites (tertiary alicyclic amines) is 1. The van der Waals surface area contributed by atoms with Crippen molar-refractivity contribution in [2.24, 2.45) is 0 Å². The van der Waals surface area contributed by atoms with E-state index in [1.165, 1.54) is 0 Å². The van der Waals surface area contributed by atoms with Crippen LogP contribution in [-0.4, -0.2) is 105 Å². The molecule has 2 atom stereocenters. The van der Waals surface area contributed by atoms with Crippen molar-refractivity contribution in [2.45, 2.75) is 19.1 Å². The molecule has 150 valence electrons. The Morgan fingerprint density at radius 1 is 1.14 bits per heavy atom. The van der Waals surface area contributed by atoms with Gasteiger partial charge in [-0.2, -0.15) is 4.68 Å². The first-order chi connectivity index (χ1) is 13.5. The van der Waals surface area contributed by atoms with E-state index >= 15 is 0 Å². The smallest absolute Gasteiger partial charge is 0.321 e. The van der Waals surface area contributed by atoms with Crippen LogP contribution in [0.15, 0.2) is 24.3 Å². The number of amides is 2. The molecule has 2 N–H and O–H groups in total. The van der Waals surface area contributed by atoms with Gasteiger partial charge >= 0.3 is 6.03 Å². The average molecular weight is 386 g/mol. The van der Waals surface area contributed by atoms with Crippen LogP contribution in [0.5, 0.6) is 0 Å². The third kappa shape index (κ3) is 3.84. The zero-order chi connectivity index (χ0) is 19.7. The molecule has 28 heavy (non-hydrogen) atoms. The van der Waals surface area contributed by atoms with E-state index in [-0.39, 0.29) is 12.1 Å². The first kappa shape index (κ1) is 18.8. The number of aromatic nitrogens is 4. The van der Waals surface area contributed by atoms with Crippen LogP contribution in [0.2, 0.25) is 0 Å². The fraction of sp³-hybridized carbons (Fsp3) is 0.556. The number of β-amino-alcohol motifs (C(OH)–C–C–N with tert-alkyl or cyclic N) is 1. The van der Waals surface area contributed by atoms with Gasteiger partial charge in [0, 0.05) is 38.4 Å². The van der Waals surface area contributed by atoms with Crippen LogP contribution >= 0.6 is 0 Å². The summed E-state index contributed by atoms with van der Waals surface area (Å²) in [7, 11) is 2.11. The number of urea groups is 1. The van der Waals surface area contributed by atoms with Crippen molar-refractivity contribution in [2.75, 3.05) is 51.6 Å². The number of anilines is 1. The molecular weight excluding hydrogens is 360 g/mol. The van der Waals surface area contributed by atoms with Gasteiger partial charge in [-0.1, -0.05) is 0 Å². The van der Waals surface area contributed by atoms with Crippen molar-refractivity contribution in [3.8, 4) is 5.69 Å². The third-order valence-electron chi connectivity index (χ3n) is 5.54. The van der Waals surface area contributed by atoms with Crippen molar-refractivity contribution < 1.29 is 9.90 Å². The molecule has 10 nitrogen and oxygen atoms in total. The van der Waals surface area contributed by atoms with E-state index in [4.69, 9.17) is 0 Å². The van der Waals surface area contributed by atoms with Gasteiger partial charge in [-0.15, -0.1) is 5.10 Å². The van der Waals surface area contributed by atoms with Gasteiger partial charge in [0.15, 0.2) is 5.82 Å². The largest absolute Gasteiger partial charge is 0.390 e. The average Bonchev–Trinajstić information content (AvgIpc) is 3.29. The van der Waals surface area contributed by atoms with E-state index in [0.29, 0.717) is 24.6 Å². The third-order valence-corrected chi connectivity index (χ3v) is 5.54. The Kier molecular flexibility index (Phi) is 5.25. The van der Waals surface area contributed by atoms with Crippen LogP contribution in [0.4, 0.5) is 10.5 Å². The number of nitrogens with zero attached hydrogens (tertiary/aromatic N) is 7. The number of tetrazole rings is 1. The van der Waals surface area contributed by atoms with Gasteiger partial charge in [0.2, 0.25) is 0 Å².